The molecule has 0 unspecified atom stereocenters. The molecule has 0 spiro atoms. The number of nitrogens with zero attached hydrogens (tertiary/aromatic N) is 2. The van der Waals surface area contributed by atoms with E-state index in [9.17, 15) is 19.7 Å². The van der Waals surface area contributed by atoms with Gasteiger partial charge in [-0.25, -0.2) is 9.78 Å². The Balaban J connectivity index is 1.61. The molecule has 1 aromatic heterocycles. The lowest BCUT2D eigenvalue weighted by Gasteiger charge is -2.15. The third-order valence-corrected chi connectivity index (χ3v) is 6.32. The number of halogens is 1. The van der Waals surface area contributed by atoms with E-state index in [-0.39, 0.29) is 11.3 Å². The van der Waals surface area contributed by atoms with Gasteiger partial charge in [-0.3, -0.25) is 14.9 Å². The molecule has 39 heavy (non-hydrogen) atoms. The fourth-order valence-corrected chi connectivity index (χ4v) is 4.30. The molecular weight excluding hydrogens is 574 g/mol. The van der Waals surface area contributed by atoms with E-state index < -0.39 is 23.4 Å². The number of anilines is 1. The van der Waals surface area contributed by atoms with E-state index in [2.05, 4.69) is 26.2 Å². The molecule has 200 valence electrons. The van der Waals surface area contributed by atoms with Crippen LogP contribution in [0, 0.1) is 10.1 Å². The number of esters is 1. The normalized spacial score (nSPS) is 10.6. The van der Waals surface area contributed by atoms with Crippen molar-refractivity contribution in [3.05, 3.63) is 80.8 Å². The van der Waals surface area contributed by atoms with Crippen molar-refractivity contribution in [1.82, 2.24) is 4.98 Å². The Labute approximate surface area is 230 Å². The van der Waals surface area contributed by atoms with Gasteiger partial charge in [0.25, 0.3) is 11.6 Å². The molecule has 12 heteroatoms. The lowest BCUT2D eigenvalue weighted by Crippen LogP contribution is -2.21. The second-order valence-corrected chi connectivity index (χ2v) is 8.89. The van der Waals surface area contributed by atoms with Gasteiger partial charge in [-0.2, -0.15) is 0 Å². The summed E-state index contributed by atoms with van der Waals surface area (Å²) in [6, 6.07) is 15.9. The number of hydrogen-bond acceptors (Lipinski definition) is 9. The van der Waals surface area contributed by atoms with Crippen LogP contribution < -0.4 is 19.5 Å². The number of fused-ring (bicyclic) bond motifs is 1. The van der Waals surface area contributed by atoms with E-state index in [0.717, 1.165) is 0 Å². The highest BCUT2D eigenvalue weighted by molar-refractivity contribution is 9.10. The fourth-order valence-electron chi connectivity index (χ4n) is 3.84. The molecule has 11 nitrogen and oxygen atoms in total. The number of nitro benzene ring substituents is 1. The summed E-state index contributed by atoms with van der Waals surface area (Å²) in [4.78, 5) is 40.7. The third-order valence-electron chi connectivity index (χ3n) is 5.67. The van der Waals surface area contributed by atoms with Crippen LogP contribution >= 0.6 is 15.9 Å². The first-order valence-electron chi connectivity index (χ1n) is 11.4. The van der Waals surface area contributed by atoms with Crippen LogP contribution in [0.1, 0.15) is 10.4 Å². The number of nitrogens with one attached hydrogen (secondary N) is 1. The summed E-state index contributed by atoms with van der Waals surface area (Å²) in [5.74, 6) is -0.115. The topological polar surface area (TPSA) is 139 Å². The van der Waals surface area contributed by atoms with E-state index in [0.29, 0.717) is 49.6 Å². The summed E-state index contributed by atoms with van der Waals surface area (Å²) in [5, 5.41) is 14.0. The standard InChI is InChI=1S/C27H22BrN3O8/c1-36-23-10-15(11-24(37-2)26(23)38-3)22-13-18(17-6-4-5-7-20(17)29-22)27(33)39-14-25(32)30-21-9-8-16(31(34)35)12-19(21)28/h4-13H,14H2,1-3H3,(H,30,32). The Bertz CT molecular complexity index is 1570. The number of nitro groups is 1. The van der Waals surface area contributed by atoms with Crippen molar-refractivity contribution >= 4 is 50.1 Å². The Morgan fingerprint density at radius 2 is 1.67 bits per heavy atom. The maximum atomic E-state index is 13.1. The zero-order valence-corrected chi connectivity index (χ0v) is 22.6. The van der Waals surface area contributed by atoms with Crippen molar-refractivity contribution in [3.8, 4) is 28.5 Å². The van der Waals surface area contributed by atoms with Crippen LogP contribution in [0.5, 0.6) is 17.2 Å². The average molecular weight is 596 g/mol. The van der Waals surface area contributed by atoms with Gasteiger partial charge in [0.05, 0.1) is 48.7 Å². The number of aromatic nitrogens is 1. The monoisotopic (exact) mass is 595 g/mol. The number of rotatable bonds is 9. The van der Waals surface area contributed by atoms with Gasteiger partial charge in [-0.1, -0.05) is 18.2 Å². The first kappa shape index (κ1) is 27.3. The molecule has 0 saturated carbocycles. The highest BCUT2D eigenvalue weighted by Crippen LogP contribution is 2.41. The summed E-state index contributed by atoms with van der Waals surface area (Å²) in [6.07, 6.45) is 0. The van der Waals surface area contributed by atoms with E-state index in [1.165, 1.54) is 39.5 Å². The minimum Gasteiger partial charge on any atom is -0.493 e. The molecule has 4 rings (SSSR count). The van der Waals surface area contributed by atoms with Crippen molar-refractivity contribution in [3.63, 3.8) is 0 Å². The largest absolute Gasteiger partial charge is 0.493 e. The van der Waals surface area contributed by atoms with E-state index in [1.54, 1.807) is 42.5 Å². The number of ether oxygens (including phenoxy) is 4. The minimum atomic E-state index is -0.736. The summed E-state index contributed by atoms with van der Waals surface area (Å²) in [6.45, 7) is -0.585. The second kappa shape index (κ2) is 11.8. The SMILES string of the molecule is COc1cc(-c2cc(C(=O)OCC(=O)Nc3ccc([N+](=O)[O-])cc3Br)c3ccccc3n2)cc(OC)c1OC. The molecule has 1 N–H and O–H groups in total. The van der Waals surface area contributed by atoms with Gasteiger partial charge >= 0.3 is 5.97 Å². The van der Waals surface area contributed by atoms with Crippen molar-refractivity contribution in [1.29, 1.82) is 0 Å². The lowest BCUT2D eigenvalue weighted by atomic mass is 10.0. The summed E-state index contributed by atoms with van der Waals surface area (Å²) >= 11 is 3.19. The van der Waals surface area contributed by atoms with Crippen LogP contribution in [-0.2, 0) is 9.53 Å². The molecule has 0 radical (unpaired) electrons. The molecule has 4 aromatic rings. The molecule has 0 atom stereocenters. The van der Waals surface area contributed by atoms with Crippen LogP contribution in [0.15, 0.2) is 65.1 Å². The Hall–Kier alpha value is -4.71. The Morgan fingerprint density at radius 1 is 0.974 bits per heavy atom. The Morgan fingerprint density at radius 3 is 2.28 bits per heavy atom. The predicted molar refractivity (Wildman–Crippen MR) is 147 cm³/mol. The zero-order valence-electron chi connectivity index (χ0n) is 21.0. The molecule has 1 heterocycles. The molecule has 0 bridgehead atoms. The molecule has 0 fully saturated rings. The first-order chi connectivity index (χ1) is 18.7. The van der Waals surface area contributed by atoms with Crippen molar-refractivity contribution < 1.29 is 33.5 Å². The smallest absolute Gasteiger partial charge is 0.339 e. The van der Waals surface area contributed by atoms with E-state index >= 15 is 0 Å². The van der Waals surface area contributed by atoms with Gasteiger partial charge in [0.15, 0.2) is 18.1 Å². The quantitative estimate of drug-likeness (QED) is 0.153. The number of methoxy groups -OCH3 is 3. The molecular formula is C27H22BrN3O8. The van der Waals surface area contributed by atoms with Gasteiger partial charge in [0, 0.05) is 27.6 Å². The molecule has 3 aromatic carbocycles. The number of carbonyl (C=O) groups is 2. The molecule has 1 amide bonds. The molecule has 0 aliphatic heterocycles. The lowest BCUT2D eigenvalue weighted by molar-refractivity contribution is -0.384. The summed E-state index contributed by atoms with van der Waals surface area (Å²) < 4.78 is 21.9. The predicted octanol–water partition coefficient (Wildman–Crippen LogP) is 5.39. The summed E-state index contributed by atoms with van der Waals surface area (Å²) in [5.41, 5.74) is 1.94. The third kappa shape index (κ3) is 5.91. The molecule has 0 aliphatic rings. The second-order valence-electron chi connectivity index (χ2n) is 8.03. The van der Waals surface area contributed by atoms with Crippen LogP contribution in [0.25, 0.3) is 22.2 Å². The molecule has 0 saturated heterocycles. The average Bonchev–Trinajstić information content (AvgIpc) is 2.95. The van der Waals surface area contributed by atoms with E-state index in [4.69, 9.17) is 18.9 Å². The van der Waals surface area contributed by atoms with Crippen LogP contribution in [0.3, 0.4) is 0 Å². The number of para-hydroxylation sites is 1. The highest BCUT2D eigenvalue weighted by atomic mass is 79.9. The van der Waals surface area contributed by atoms with Crippen molar-refractivity contribution in [2.45, 2.75) is 0 Å². The number of amides is 1. The van der Waals surface area contributed by atoms with Gasteiger partial charge in [-0.05, 0) is 46.3 Å². The Kier molecular flexibility index (Phi) is 8.25. The number of carbonyl (C=O) groups excluding carboxylic acids is 2. The summed E-state index contributed by atoms with van der Waals surface area (Å²) in [7, 11) is 4.49. The fraction of sp³-hybridized carbons (Fsp3) is 0.148. The van der Waals surface area contributed by atoms with E-state index in [1.807, 2.05) is 0 Å². The maximum absolute atomic E-state index is 13.1. The van der Waals surface area contributed by atoms with Gasteiger partial charge in [0.2, 0.25) is 5.75 Å². The maximum Gasteiger partial charge on any atom is 0.339 e. The first-order valence-corrected chi connectivity index (χ1v) is 12.2. The number of benzene rings is 3. The van der Waals surface area contributed by atoms with Crippen molar-refractivity contribution in [2.75, 3.05) is 33.3 Å². The van der Waals surface area contributed by atoms with Crippen LogP contribution in [0.2, 0.25) is 0 Å². The van der Waals surface area contributed by atoms with Gasteiger partial charge in [-0.15, -0.1) is 0 Å². The number of hydrogen-bond donors (Lipinski definition) is 1. The number of non-ortho nitro benzene ring substituents is 1. The molecule has 0 aliphatic carbocycles. The minimum absolute atomic E-state index is 0.140. The van der Waals surface area contributed by atoms with Gasteiger partial charge in [0.1, 0.15) is 0 Å². The highest BCUT2D eigenvalue weighted by Gasteiger charge is 2.20. The van der Waals surface area contributed by atoms with Gasteiger partial charge < -0.3 is 24.3 Å². The number of pyridine rings is 1. The van der Waals surface area contributed by atoms with Crippen molar-refractivity contribution in [2.24, 2.45) is 0 Å². The van der Waals surface area contributed by atoms with Crippen LogP contribution in [-0.4, -0.2) is 49.7 Å². The zero-order chi connectivity index (χ0) is 28.1. The van der Waals surface area contributed by atoms with Crippen LogP contribution in [0.4, 0.5) is 11.4 Å².